The molecule has 1 atom stereocenters. The average molecular weight is 341 g/mol. The van der Waals surface area contributed by atoms with Crippen LogP contribution in [-0.2, 0) is 9.68 Å². The second-order valence-corrected chi connectivity index (χ2v) is 6.92. The summed E-state index contributed by atoms with van der Waals surface area (Å²) in [7, 11) is 0. The van der Waals surface area contributed by atoms with Crippen LogP contribution in [0.25, 0.3) is 0 Å². The quantitative estimate of drug-likeness (QED) is 0.133. The molecule has 142 valence electrons. The molecule has 0 aliphatic carbocycles. The molecule has 0 amide bonds. The Hall–Kier alpha value is -0.830. The van der Waals surface area contributed by atoms with Gasteiger partial charge in [-0.3, -0.25) is 0 Å². The van der Waals surface area contributed by atoms with Crippen molar-refractivity contribution in [3.05, 3.63) is 12.2 Å². The molecule has 0 aromatic heterocycles. The molecule has 0 saturated carbocycles. The van der Waals surface area contributed by atoms with E-state index in [1.165, 1.54) is 64.2 Å². The number of hydrogen-bond donors (Lipinski definition) is 1. The first kappa shape index (κ1) is 23.2. The highest BCUT2D eigenvalue weighted by atomic mass is 17.1. The van der Waals surface area contributed by atoms with Gasteiger partial charge in [-0.25, -0.2) is 4.79 Å². The highest BCUT2D eigenvalue weighted by molar-refractivity contribution is 5.71. The SMILES string of the molecule is CCCCCCCC/C=C\CCCCCCC(CCC)C(=O)OO. The fourth-order valence-electron chi connectivity index (χ4n) is 3.09. The summed E-state index contributed by atoms with van der Waals surface area (Å²) >= 11 is 0. The van der Waals surface area contributed by atoms with E-state index in [2.05, 4.69) is 30.9 Å². The van der Waals surface area contributed by atoms with E-state index in [1.54, 1.807) is 0 Å². The van der Waals surface area contributed by atoms with E-state index >= 15 is 0 Å². The van der Waals surface area contributed by atoms with E-state index in [0.29, 0.717) is 0 Å². The van der Waals surface area contributed by atoms with E-state index in [9.17, 15) is 4.79 Å². The van der Waals surface area contributed by atoms with Crippen molar-refractivity contribution in [3.8, 4) is 0 Å². The van der Waals surface area contributed by atoms with Gasteiger partial charge in [-0.05, 0) is 38.5 Å². The zero-order valence-corrected chi connectivity index (χ0v) is 16.1. The molecule has 0 rings (SSSR count). The summed E-state index contributed by atoms with van der Waals surface area (Å²) in [5, 5.41) is 8.49. The number of allylic oxidation sites excluding steroid dienone is 2. The molecule has 0 heterocycles. The molecular weight excluding hydrogens is 300 g/mol. The number of carbonyl (C=O) groups excluding carboxylic acids is 1. The van der Waals surface area contributed by atoms with Crippen molar-refractivity contribution in [1.29, 1.82) is 0 Å². The maximum atomic E-state index is 11.4. The van der Waals surface area contributed by atoms with Crippen LogP contribution in [0.3, 0.4) is 0 Å². The molecule has 3 nitrogen and oxygen atoms in total. The molecule has 0 fully saturated rings. The van der Waals surface area contributed by atoms with Crippen LogP contribution in [0.5, 0.6) is 0 Å². The van der Waals surface area contributed by atoms with Gasteiger partial charge >= 0.3 is 5.97 Å². The summed E-state index contributed by atoms with van der Waals surface area (Å²) in [6, 6.07) is 0. The van der Waals surface area contributed by atoms with Gasteiger partial charge in [0.2, 0.25) is 0 Å². The lowest BCUT2D eigenvalue weighted by Crippen LogP contribution is -2.16. The largest absolute Gasteiger partial charge is 0.345 e. The van der Waals surface area contributed by atoms with Gasteiger partial charge in [-0.15, -0.1) is 0 Å². The maximum absolute atomic E-state index is 11.4. The Bertz CT molecular complexity index is 299. The molecule has 0 aromatic rings. The monoisotopic (exact) mass is 340 g/mol. The minimum Gasteiger partial charge on any atom is -0.301 e. The van der Waals surface area contributed by atoms with E-state index in [4.69, 9.17) is 5.26 Å². The lowest BCUT2D eigenvalue weighted by molar-refractivity contribution is -0.239. The van der Waals surface area contributed by atoms with Crippen LogP contribution < -0.4 is 0 Å². The molecule has 1 unspecified atom stereocenters. The third-order valence-electron chi connectivity index (χ3n) is 4.62. The third-order valence-corrected chi connectivity index (χ3v) is 4.62. The van der Waals surface area contributed by atoms with Gasteiger partial charge in [0, 0.05) is 0 Å². The van der Waals surface area contributed by atoms with Gasteiger partial charge < -0.3 is 4.89 Å². The predicted octanol–water partition coefficient (Wildman–Crippen LogP) is 7.07. The van der Waals surface area contributed by atoms with Crippen molar-refractivity contribution in [1.82, 2.24) is 0 Å². The first-order chi connectivity index (χ1) is 11.8. The van der Waals surface area contributed by atoms with E-state index < -0.39 is 5.97 Å². The summed E-state index contributed by atoms with van der Waals surface area (Å²) in [6.45, 7) is 4.31. The fraction of sp³-hybridized carbons (Fsp3) is 0.857. The van der Waals surface area contributed by atoms with Gasteiger partial charge in [-0.2, -0.15) is 5.26 Å². The predicted molar refractivity (Wildman–Crippen MR) is 102 cm³/mol. The Morgan fingerprint density at radius 1 is 0.792 bits per heavy atom. The lowest BCUT2D eigenvalue weighted by Gasteiger charge is -2.11. The van der Waals surface area contributed by atoms with Gasteiger partial charge in [0.05, 0.1) is 5.92 Å². The van der Waals surface area contributed by atoms with Crippen molar-refractivity contribution < 1.29 is 14.9 Å². The Morgan fingerprint density at radius 3 is 1.88 bits per heavy atom. The third kappa shape index (κ3) is 14.7. The van der Waals surface area contributed by atoms with E-state index in [1.807, 2.05) is 0 Å². The molecule has 0 saturated heterocycles. The van der Waals surface area contributed by atoms with E-state index in [-0.39, 0.29) is 5.92 Å². The Kier molecular flexibility index (Phi) is 17.9. The second kappa shape index (κ2) is 18.5. The van der Waals surface area contributed by atoms with Crippen molar-refractivity contribution in [2.75, 3.05) is 0 Å². The average Bonchev–Trinajstić information content (AvgIpc) is 2.60. The molecular formula is C21H40O3. The van der Waals surface area contributed by atoms with Crippen molar-refractivity contribution in [2.45, 2.75) is 110 Å². The molecule has 3 heteroatoms. The Labute approximate surface area is 149 Å². The molecule has 0 spiro atoms. The van der Waals surface area contributed by atoms with Crippen LogP contribution in [0.1, 0.15) is 110 Å². The first-order valence-corrected chi connectivity index (χ1v) is 10.3. The normalized spacial score (nSPS) is 12.6. The lowest BCUT2D eigenvalue weighted by atomic mass is 9.96. The smallest absolute Gasteiger partial charge is 0.301 e. The molecule has 0 aliphatic rings. The summed E-state index contributed by atoms with van der Waals surface area (Å²) in [6.07, 6.45) is 22.5. The number of hydrogen-bond acceptors (Lipinski definition) is 3. The summed E-state index contributed by atoms with van der Waals surface area (Å²) < 4.78 is 0. The van der Waals surface area contributed by atoms with Crippen LogP contribution in [0.4, 0.5) is 0 Å². The minimum atomic E-state index is -0.463. The molecule has 0 aliphatic heterocycles. The topological polar surface area (TPSA) is 46.5 Å². The van der Waals surface area contributed by atoms with Gasteiger partial charge in [0.15, 0.2) is 0 Å². The zero-order chi connectivity index (χ0) is 17.9. The van der Waals surface area contributed by atoms with Gasteiger partial charge in [0.25, 0.3) is 0 Å². The first-order valence-electron chi connectivity index (χ1n) is 10.3. The standard InChI is InChI=1S/C21H40O3/c1-3-5-6-7-8-9-10-11-12-13-14-15-16-17-19-20(18-4-2)21(22)24-23/h11-12,20,23H,3-10,13-19H2,1-2H3/b12-11-. The fourth-order valence-corrected chi connectivity index (χ4v) is 3.09. The molecule has 0 radical (unpaired) electrons. The minimum absolute atomic E-state index is 0.128. The van der Waals surface area contributed by atoms with Gasteiger partial charge in [-0.1, -0.05) is 83.8 Å². The van der Waals surface area contributed by atoms with Crippen LogP contribution in [0, 0.1) is 5.92 Å². The molecule has 1 N–H and O–H groups in total. The summed E-state index contributed by atoms with van der Waals surface area (Å²) in [4.78, 5) is 15.3. The molecule has 0 bridgehead atoms. The van der Waals surface area contributed by atoms with Crippen LogP contribution in [0.2, 0.25) is 0 Å². The van der Waals surface area contributed by atoms with Crippen LogP contribution in [-0.4, -0.2) is 11.2 Å². The molecule has 24 heavy (non-hydrogen) atoms. The Balaban J connectivity index is 3.40. The Morgan fingerprint density at radius 2 is 1.33 bits per heavy atom. The highest BCUT2D eigenvalue weighted by Crippen LogP contribution is 2.18. The maximum Gasteiger partial charge on any atom is 0.345 e. The van der Waals surface area contributed by atoms with Crippen molar-refractivity contribution in [3.63, 3.8) is 0 Å². The number of rotatable bonds is 17. The summed E-state index contributed by atoms with van der Waals surface area (Å²) in [5.41, 5.74) is 0. The van der Waals surface area contributed by atoms with E-state index in [0.717, 1.165) is 32.1 Å². The van der Waals surface area contributed by atoms with Crippen LogP contribution in [0.15, 0.2) is 12.2 Å². The highest BCUT2D eigenvalue weighted by Gasteiger charge is 2.18. The number of carbonyl (C=O) groups is 1. The second-order valence-electron chi connectivity index (χ2n) is 6.92. The molecule has 0 aromatic carbocycles. The number of unbranched alkanes of at least 4 members (excludes halogenated alkanes) is 10. The van der Waals surface area contributed by atoms with Crippen molar-refractivity contribution in [2.24, 2.45) is 5.92 Å². The van der Waals surface area contributed by atoms with Crippen molar-refractivity contribution >= 4 is 5.97 Å². The van der Waals surface area contributed by atoms with Gasteiger partial charge in [0.1, 0.15) is 0 Å². The van der Waals surface area contributed by atoms with Crippen LogP contribution >= 0.6 is 0 Å². The summed E-state index contributed by atoms with van der Waals surface area (Å²) in [5.74, 6) is -0.591. The zero-order valence-electron chi connectivity index (χ0n) is 16.1.